The van der Waals surface area contributed by atoms with Gasteiger partial charge in [-0.3, -0.25) is 14.5 Å². The highest BCUT2D eigenvalue weighted by atomic mass is 16.5. The lowest BCUT2D eigenvalue weighted by Crippen LogP contribution is -2.71. The Morgan fingerprint density at radius 1 is 0.958 bits per heavy atom. The van der Waals surface area contributed by atoms with Gasteiger partial charge in [0.25, 0.3) is 5.91 Å². The Bertz CT molecular complexity index is 830. The van der Waals surface area contributed by atoms with Gasteiger partial charge in [-0.15, -0.1) is 0 Å². The molecule has 0 radical (unpaired) electrons. The molecule has 0 bridgehead atoms. The number of hydrogen-bond acceptors (Lipinski definition) is 5. The monoisotopic (exact) mass is 325 g/mol. The minimum absolute atomic E-state index is 0.143. The van der Waals surface area contributed by atoms with Gasteiger partial charge in [-0.1, -0.05) is 0 Å². The summed E-state index contributed by atoms with van der Waals surface area (Å²) < 4.78 is 16.0. The zero-order valence-electron chi connectivity index (χ0n) is 13.2. The van der Waals surface area contributed by atoms with Crippen molar-refractivity contribution in [2.75, 3.05) is 19.1 Å². The van der Waals surface area contributed by atoms with Crippen molar-refractivity contribution in [3.05, 3.63) is 48.0 Å². The normalized spacial score (nSPS) is 21.3. The van der Waals surface area contributed by atoms with Gasteiger partial charge >= 0.3 is 0 Å². The van der Waals surface area contributed by atoms with Crippen LogP contribution in [-0.4, -0.2) is 38.1 Å². The predicted octanol–water partition coefficient (Wildman–Crippen LogP) is 2.06. The summed E-state index contributed by atoms with van der Waals surface area (Å²) in [5, 5.41) is 0. The Hall–Kier alpha value is -3.02. The van der Waals surface area contributed by atoms with Crippen LogP contribution in [0.2, 0.25) is 0 Å². The van der Waals surface area contributed by atoms with Gasteiger partial charge in [0.05, 0.1) is 19.8 Å². The summed E-state index contributed by atoms with van der Waals surface area (Å²) in [6.45, 7) is 0. The fourth-order valence-electron chi connectivity index (χ4n) is 3.09. The van der Waals surface area contributed by atoms with E-state index in [-0.39, 0.29) is 11.7 Å². The number of rotatable bonds is 3. The second-order valence-corrected chi connectivity index (χ2v) is 5.62. The van der Waals surface area contributed by atoms with Crippen LogP contribution < -0.4 is 19.1 Å². The molecule has 6 heteroatoms. The largest absolute Gasteiger partial charge is 0.497 e. The molecule has 2 aromatic carbocycles. The molecule has 2 aliphatic heterocycles. The molecule has 24 heavy (non-hydrogen) atoms. The number of ether oxygens (including phenoxy) is 3. The van der Waals surface area contributed by atoms with Crippen molar-refractivity contribution in [3.8, 4) is 17.2 Å². The average molecular weight is 325 g/mol. The molecule has 0 aromatic heterocycles. The highest BCUT2D eigenvalue weighted by Crippen LogP contribution is 2.40. The Labute approximate surface area is 138 Å². The Balaban J connectivity index is 1.69. The van der Waals surface area contributed by atoms with Crippen LogP contribution in [0.1, 0.15) is 10.4 Å². The Morgan fingerprint density at radius 2 is 1.62 bits per heavy atom. The average Bonchev–Trinajstić information content (AvgIpc) is 2.63. The molecule has 122 valence electrons. The summed E-state index contributed by atoms with van der Waals surface area (Å²) in [5.74, 6) is 1.32. The third-order valence-corrected chi connectivity index (χ3v) is 4.37. The van der Waals surface area contributed by atoms with Gasteiger partial charge in [0.15, 0.2) is 5.78 Å². The Kier molecular flexibility index (Phi) is 3.19. The highest BCUT2D eigenvalue weighted by molar-refractivity contribution is 6.20. The maximum absolute atomic E-state index is 12.8. The van der Waals surface area contributed by atoms with Crippen LogP contribution in [0.3, 0.4) is 0 Å². The number of ketones is 1. The van der Waals surface area contributed by atoms with Crippen molar-refractivity contribution in [2.24, 2.45) is 0 Å². The van der Waals surface area contributed by atoms with E-state index in [1.807, 2.05) is 0 Å². The van der Waals surface area contributed by atoms with Crippen molar-refractivity contribution in [1.29, 1.82) is 0 Å². The number of methoxy groups -OCH3 is 2. The molecule has 0 spiro atoms. The zero-order valence-corrected chi connectivity index (χ0v) is 13.2. The lowest BCUT2D eigenvalue weighted by atomic mass is 9.86. The van der Waals surface area contributed by atoms with Gasteiger partial charge in [-0.25, -0.2) is 0 Å². The number of hydrogen-bond donors (Lipinski definition) is 0. The number of amides is 1. The van der Waals surface area contributed by atoms with Crippen molar-refractivity contribution in [2.45, 2.75) is 12.1 Å². The molecule has 0 aliphatic carbocycles. The van der Waals surface area contributed by atoms with Crippen LogP contribution in [0.5, 0.6) is 17.2 Å². The molecule has 0 unspecified atom stereocenters. The van der Waals surface area contributed by atoms with Crippen LogP contribution in [0.15, 0.2) is 42.5 Å². The van der Waals surface area contributed by atoms with Gasteiger partial charge in [-0.05, 0) is 42.5 Å². The van der Waals surface area contributed by atoms with Gasteiger partial charge in [0.2, 0.25) is 6.10 Å². The molecule has 2 heterocycles. The summed E-state index contributed by atoms with van der Waals surface area (Å²) in [5.41, 5.74) is 1.08. The number of carbonyl (C=O) groups is 2. The third kappa shape index (κ3) is 1.96. The van der Waals surface area contributed by atoms with E-state index in [0.29, 0.717) is 28.5 Å². The van der Waals surface area contributed by atoms with Crippen LogP contribution in [0.25, 0.3) is 0 Å². The second-order valence-electron chi connectivity index (χ2n) is 5.62. The van der Waals surface area contributed by atoms with Crippen molar-refractivity contribution in [3.63, 3.8) is 0 Å². The molecule has 2 aromatic rings. The molecule has 1 amide bonds. The van der Waals surface area contributed by atoms with E-state index in [2.05, 4.69) is 0 Å². The first-order chi connectivity index (χ1) is 11.6. The van der Waals surface area contributed by atoms with E-state index in [9.17, 15) is 9.59 Å². The van der Waals surface area contributed by atoms with Gasteiger partial charge < -0.3 is 14.2 Å². The van der Waals surface area contributed by atoms with Gasteiger partial charge in [-0.2, -0.15) is 0 Å². The number of nitrogens with zero attached hydrogens (tertiary/aromatic N) is 1. The first kappa shape index (κ1) is 14.6. The van der Waals surface area contributed by atoms with Crippen LogP contribution in [-0.2, 0) is 4.79 Å². The van der Waals surface area contributed by atoms with Crippen LogP contribution in [0.4, 0.5) is 5.69 Å². The van der Waals surface area contributed by atoms with E-state index in [4.69, 9.17) is 14.2 Å². The fourth-order valence-corrected chi connectivity index (χ4v) is 3.09. The molecular weight excluding hydrogens is 310 g/mol. The number of anilines is 1. The summed E-state index contributed by atoms with van der Waals surface area (Å²) in [7, 11) is 3.11. The van der Waals surface area contributed by atoms with E-state index in [1.165, 1.54) is 12.0 Å². The molecule has 2 atom stereocenters. The number of carbonyl (C=O) groups excluding carboxylic acids is 2. The Morgan fingerprint density at radius 3 is 2.29 bits per heavy atom. The highest BCUT2D eigenvalue weighted by Gasteiger charge is 2.57. The summed E-state index contributed by atoms with van der Waals surface area (Å²) in [6.07, 6.45) is -0.763. The van der Waals surface area contributed by atoms with Crippen molar-refractivity contribution in [1.82, 2.24) is 0 Å². The zero-order chi connectivity index (χ0) is 16.8. The number of benzene rings is 2. The van der Waals surface area contributed by atoms with E-state index in [0.717, 1.165) is 0 Å². The summed E-state index contributed by atoms with van der Waals surface area (Å²) in [6, 6.07) is 11.4. The van der Waals surface area contributed by atoms with Gasteiger partial charge in [0.1, 0.15) is 23.3 Å². The van der Waals surface area contributed by atoms with Gasteiger partial charge in [0, 0.05) is 5.69 Å². The minimum atomic E-state index is -0.763. The number of Topliss-reactive ketones (excluding diaryl/α,β-unsaturated/α-hetero) is 1. The van der Waals surface area contributed by atoms with E-state index >= 15 is 0 Å². The number of β-lactam (4-membered cyclic amide) rings is 1. The standard InChI is InChI=1S/C18H15NO5/c1-22-11-5-3-10(4-6-11)19-15-16(20)13-9-12(23-2)7-8-14(13)24-17(15)18(19)21/h3-9,15,17H,1-2H3/t15-,17+/m1/s1. The van der Waals surface area contributed by atoms with E-state index in [1.54, 1.807) is 49.6 Å². The molecule has 4 rings (SSSR count). The smallest absolute Gasteiger partial charge is 0.271 e. The topological polar surface area (TPSA) is 65.1 Å². The minimum Gasteiger partial charge on any atom is -0.497 e. The predicted molar refractivity (Wildman–Crippen MR) is 86.0 cm³/mol. The lowest BCUT2D eigenvalue weighted by Gasteiger charge is -2.47. The first-order valence-corrected chi connectivity index (χ1v) is 7.50. The molecule has 1 fully saturated rings. The van der Waals surface area contributed by atoms with Crippen LogP contribution >= 0.6 is 0 Å². The first-order valence-electron chi connectivity index (χ1n) is 7.50. The lowest BCUT2D eigenvalue weighted by molar-refractivity contribution is -0.133. The second kappa shape index (κ2) is 5.26. The molecule has 2 aliphatic rings. The van der Waals surface area contributed by atoms with Crippen LogP contribution in [0, 0.1) is 0 Å². The molecule has 6 nitrogen and oxygen atoms in total. The maximum Gasteiger partial charge on any atom is 0.271 e. The molecule has 1 saturated heterocycles. The SMILES string of the molecule is COc1ccc(N2C(=O)[C@H]3Oc4ccc(OC)cc4C(=O)[C@H]32)cc1. The summed E-state index contributed by atoms with van der Waals surface area (Å²) >= 11 is 0. The molecule has 0 N–H and O–H groups in total. The number of fused-ring (bicyclic) bond motifs is 2. The van der Waals surface area contributed by atoms with Crippen molar-refractivity contribution >= 4 is 17.4 Å². The molecular formula is C18H15NO5. The van der Waals surface area contributed by atoms with E-state index < -0.39 is 12.1 Å². The quantitative estimate of drug-likeness (QED) is 0.808. The molecule has 0 saturated carbocycles. The fraction of sp³-hybridized carbons (Fsp3) is 0.222. The van der Waals surface area contributed by atoms with Crippen molar-refractivity contribution < 1.29 is 23.8 Å². The summed E-state index contributed by atoms with van der Waals surface area (Å²) in [4.78, 5) is 26.7. The maximum atomic E-state index is 12.8. The third-order valence-electron chi connectivity index (χ3n) is 4.37.